The number of amides is 1. The molecule has 0 unspecified atom stereocenters. The Balaban J connectivity index is 1.52. The fourth-order valence-corrected chi connectivity index (χ4v) is 4.98. The van der Waals surface area contributed by atoms with Crippen LogP contribution in [0.2, 0.25) is 0 Å². The number of hydrogen-bond donors (Lipinski definition) is 1. The molecule has 1 amide bonds. The molecule has 0 aromatic carbocycles. The number of likely N-dealkylation sites (tertiary alicyclic amines) is 1. The van der Waals surface area contributed by atoms with E-state index in [0.29, 0.717) is 28.7 Å². The molecule has 2 fully saturated rings. The van der Waals surface area contributed by atoms with Gasteiger partial charge in [-0.3, -0.25) is 14.8 Å². The zero-order valence-corrected chi connectivity index (χ0v) is 15.1. The maximum Gasteiger partial charge on any atom is 0.326 e. The van der Waals surface area contributed by atoms with Crippen molar-refractivity contribution in [3.63, 3.8) is 0 Å². The average Bonchev–Trinajstić information content (AvgIpc) is 3.27. The second-order valence-corrected chi connectivity index (χ2v) is 7.77. The van der Waals surface area contributed by atoms with Crippen LogP contribution in [-0.2, 0) is 16.0 Å². The zero-order valence-electron chi connectivity index (χ0n) is 14.2. The Bertz CT molecular complexity index is 810. The van der Waals surface area contributed by atoms with Gasteiger partial charge in [0.25, 0.3) is 0 Å². The lowest BCUT2D eigenvalue weighted by atomic mass is 9.84. The lowest BCUT2D eigenvalue weighted by Gasteiger charge is -2.32. The molecule has 0 bridgehead atoms. The molecule has 136 valence electrons. The van der Waals surface area contributed by atoms with Crippen LogP contribution in [0.15, 0.2) is 24.0 Å². The van der Waals surface area contributed by atoms with Crippen LogP contribution in [0.5, 0.6) is 0 Å². The van der Waals surface area contributed by atoms with Crippen molar-refractivity contribution in [1.82, 2.24) is 19.9 Å². The fourth-order valence-electron chi connectivity index (χ4n) is 4.20. The SMILES string of the molecule is O=C(O)[C@@H]1C[C@@H]2CCCC[C@H]2N1C(=O)Cc1csc(-c2cnccn2)n1. The number of aromatic nitrogens is 3. The first-order chi connectivity index (χ1) is 12.6. The second-order valence-electron chi connectivity index (χ2n) is 6.91. The Kier molecular flexibility index (Phi) is 4.67. The van der Waals surface area contributed by atoms with Crippen LogP contribution in [0, 0.1) is 5.92 Å². The summed E-state index contributed by atoms with van der Waals surface area (Å²) in [5.41, 5.74) is 1.33. The third-order valence-electron chi connectivity index (χ3n) is 5.33. The van der Waals surface area contributed by atoms with Crippen LogP contribution < -0.4 is 0 Å². The number of carboxylic acid groups (broad SMARTS) is 1. The summed E-state index contributed by atoms with van der Waals surface area (Å²) >= 11 is 1.42. The summed E-state index contributed by atoms with van der Waals surface area (Å²) in [7, 11) is 0. The lowest BCUT2D eigenvalue weighted by Crippen LogP contribution is -2.46. The molecular formula is C18H20N4O3S. The molecule has 3 heterocycles. The van der Waals surface area contributed by atoms with E-state index in [2.05, 4.69) is 15.0 Å². The summed E-state index contributed by atoms with van der Waals surface area (Å²) < 4.78 is 0. The van der Waals surface area contributed by atoms with Gasteiger partial charge in [0, 0.05) is 23.8 Å². The predicted octanol–water partition coefficient (Wildman–Crippen LogP) is 2.39. The number of hydrogen-bond acceptors (Lipinski definition) is 6. The van der Waals surface area contributed by atoms with E-state index in [1.165, 1.54) is 11.3 Å². The molecule has 4 rings (SSSR count). The van der Waals surface area contributed by atoms with Crippen LogP contribution in [0.3, 0.4) is 0 Å². The van der Waals surface area contributed by atoms with Crippen molar-refractivity contribution in [1.29, 1.82) is 0 Å². The number of fused-ring (bicyclic) bond motifs is 1. The summed E-state index contributed by atoms with van der Waals surface area (Å²) in [6, 6.07) is -0.635. The van der Waals surface area contributed by atoms with Crippen molar-refractivity contribution >= 4 is 23.2 Å². The van der Waals surface area contributed by atoms with Crippen molar-refractivity contribution in [2.24, 2.45) is 5.92 Å². The van der Waals surface area contributed by atoms with Crippen molar-refractivity contribution in [2.45, 2.75) is 50.6 Å². The Morgan fingerprint density at radius 2 is 2.12 bits per heavy atom. The van der Waals surface area contributed by atoms with Crippen LogP contribution in [0.1, 0.15) is 37.8 Å². The van der Waals surface area contributed by atoms with Gasteiger partial charge in [-0.15, -0.1) is 11.3 Å². The molecule has 1 aliphatic heterocycles. The number of carbonyl (C=O) groups excluding carboxylic acids is 1. The van der Waals surface area contributed by atoms with Crippen LogP contribution in [-0.4, -0.2) is 48.9 Å². The predicted molar refractivity (Wildman–Crippen MR) is 95.5 cm³/mol. The van der Waals surface area contributed by atoms with Crippen LogP contribution in [0.25, 0.3) is 10.7 Å². The highest BCUT2D eigenvalue weighted by molar-refractivity contribution is 7.13. The molecule has 0 radical (unpaired) electrons. The topological polar surface area (TPSA) is 96.3 Å². The second kappa shape index (κ2) is 7.11. The number of carbonyl (C=O) groups is 2. The van der Waals surface area contributed by atoms with Gasteiger partial charge in [-0.25, -0.2) is 9.78 Å². The number of thiazole rings is 1. The minimum absolute atomic E-state index is 0.0652. The molecule has 8 heteroatoms. The largest absolute Gasteiger partial charge is 0.480 e. The molecule has 2 aromatic rings. The van der Waals surface area contributed by atoms with Gasteiger partial charge in [0.2, 0.25) is 5.91 Å². The van der Waals surface area contributed by atoms with E-state index in [0.717, 1.165) is 25.7 Å². The fraction of sp³-hybridized carbons (Fsp3) is 0.500. The maximum absolute atomic E-state index is 12.9. The first kappa shape index (κ1) is 17.1. The van der Waals surface area contributed by atoms with Crippen LogP contribution >= 0.6 is 11.3 Å². The maximum atomic E-state index is 12.9. The number of carboxylic acids is 1. The van der Waals surface area contributed by atoms with Gasteiger partial charge in [0.15, 0.2) is 0 Å². The van der Waals surface area contributed by atoms with Crippen molar-refractivity contribution < 1.29 is 14.7 Å². The Morgan fingerprint density at radius 1 is 1.27 bits per heavy atom. The van der Waals surface area contributed by atoms with Crippen molar-refractivity contribution in [3.05, 3.63) is 29.7 Å². The van der Waals surface area contributed by atoms with Crippen molar-refractivity contribution in [2.75, 3.05) is 0 Å². The summed E-state index contributed by atoms with van der Waals surface area (Å²) in [4.78, 5) is 39.0. The van der Waals surface area contributed by atoms with Gasteiger partial charge in [0.1, 0.15) is 16.7 Å². The Labute approximate surface area is 155 Å². The third-order valence-corrected chi connectivity index (χ3v) is 6.24. The molecule has 1 saturated heterocycles. The van der Waals surface area contributed by atoms with Gasteiger partial charge in [-0.05, 0) is 25.2 Å². The molecule has 2 aliphatic rings. The molecule has 1 aliphatic carbocycles. The minimum Gasteiger partial charge on any atom is -0.480 e. The minimum atomic E-state index is -0.897. The molecule has 1 N–H and O–H groups in total. The molecule has 26 heavy (non-hydrogen) atoms. The quantitative estimate of drug-likeness (QED) is 0.885. The van der Waals surface area contributed by atoms with Gasteiger partial charge in [-0.1, -0.05) is 12.8 Å². The summed E-state index contributed by atoms with van der Waals surface area (Å²) in [6.07, 6.45) is 9.66. The third kappa shape index (κ3) is 3.21. The monoisotopic (exact) mass is 372 g/mol. The van der Waals surface area contributed by atoms with E-state index in [-0.39, 0.29) is 18.4 Å². The normalized spacial score (nSPS) is 25.1. The van der Waals surface area contributed by atoms with Crippen LogP contribution in [0.4, 0.5) is 0 Å². The summed E-state index contributed by atoms with van der Waals surface area (Å²) in [5, 5.41) is 12.1. The average molecular weight is 372 g/mol. The standard InChI is InChI=1S/C18H20N4O3S/c23-16(8-12-10-26-17(21-12)13-9-19-5-6-20-13)22-14-4-2-1-3-11(14)7-15(22)18(24)25/h5-6,9-11,14-15H,1-4,7-8H2,(H,24,25)/t11-,14+,15-/m0/s1. The molecule has 2 aromatic heterocycles. The van der Waals surface area contributed by atoms with Gasteiger partial charge < -0.3 is 10.0 Å². The van der Waals surface area contributed by atoms with E-state index in [4.69, 9.17) is 0 Å². The molecule has 1 saturated carbocycles. The Morgan fingerprint density at radius 3 is 2.88 bits per heavy atom. The number of rotatable bonds is 4. The molecule has 3 atom stereocenters. The lowest BCUT2D eigenvalue weighted by molar-refractivity contribution is -0.149. The smallest absolute Gasteiger partial charge is 0.326 e. The Hall–Kier alpha value is -2.35. The van der Waals surface area contributed by atoms with E-state index >= 15 is 0 Å². The zero-order chi connectivity index (χ0) is 18.1. The highest BCUT2D eigenvalue weighted by Crippen LogP contribution is 2.40. The van der Waals surface area contributed by atoms with E-state index in [1.54, 1.807) is 23.5 Å². The van der Waals surface area contributed by atoms with Gasteiger partial charge in [0.05, 0.1) is 18.3 Å². The molecule has 7 nitrogen and oxygen atoms in total. The van der Waals surface area contributed by atoms with E-state index in [9.17, 15) is 14.7 Å². The first-order valence-electron chi connectivity index (χ1n) is 8.88. The number of aliphatic carboxylic acids is 1. The molecule has 0 spiro atoms. The van der Waals surface area contributed by atoms with Gasteiger partial charge in [-0.2, -0.15) is 0 Å². The highest BCUT2D eigenvalue weighted by Gasteiger charge is 2.47. The van der Waals surface area contributed by atoms with E-state index < -0.39 is 12.0 Å². The van der Waals surface area contributed by atoms with E-state index in [1.807, 2.05) is 5.38 Å². The van der Waals surface area contributed by atoms with Crippen molar-refractivity contribution in [3.8, 4) is 10.7 Å². The highest BCUT2D eigenvalue weighted by atomic mass is 32.1. The first-order valence-corrected chi connectivity index (χ1v) is 9.76. The van der Waals surface area contributed by atoms with Gasteiger partial charge >= 0.3 is 5.97 Å². The summed E-state index contributed by atoms with van der Waals surface area (Å²) in [5.74, 6) is -0.714. The molecular weight excluding hydrogens is 352 g/mol. The number of nitrogens with zero attached hydrogens (tertiary/aromatic N) is 4. The summed E-state index contributed by atoms with van der Waals surface area (Å²) in [6.45, 7) is 0.